The summed E-state index contributed by atoms with van der Waals surface area (Å²) >= 11 is 0. The minimum atomic E-state index is -4.98. The number of carbonyl (C=O) groups is 2. The first-order valence-corrected chi connectivity index (χ1v) is 8.14. The van der Waals surface area contributed by atoms with E-state index in [2.05, 4.69) is 0 Å². The van der Waals surface area contributed by atoms with Gasteiger partial charge in [0.15, 0.2) is 11.7 Å². The Morgan fingerprint density at radius 1 is 0.696 bits per heavy atom. The molecule has 0 aromatic carbocycles. The number of carboxylic acid groups (broad SMARTS) is 2. The molecule has 4 atom stereocenters. The third-order valence-corrected chi connectivity index (χ3v) is 3.68. The topological polar surface area (TPSA) is 276 Å². The first kappa shape index (κ1) is 28.5. The van der Waals surface area contributed by atoms with Crippen molar-refractivity contribution in [2.75, 3.05) is 0 Å². The summed E-state index contributed by atoms with van der Waals surface area (Å²) in [5.41, 5.74) is 0. The summed E-state index contributed by atoms with van der Waals surface area (Å²) in [6.45, 7) is 0. The van der Waals surface area contributed by atoms with E-state index in [1.165, 1.54) is 0 Å². The van der Waals surface area contributed by atoms with Crippen LogP contribution in [0.1, 0.15) is 0 Å². The zero-order chi connectivity index (χ0) is 18.5. The van der Waals surface area contributed by atoms with Crippen molar-refractivity contribution >= 4 is 76.0 Å². The Hall–Kier alpha value is 0.651. The third kappa shape index (κ3) is 11.8. The van der Waals surface area contributed by atoms with Crippen molar-refractivity contribution in [2.24, 2.45) is 0 Å². The number of rotatable bonds is 6. The Labute approximate surface area is 167 Å². The van der Waals surface area contributed by atoms with Crippen LogP contribution in [0.15, 0.2) is 0 Å². The largest absolute Gasteiger partial charge is 2.00 e. The monoisotopic (exact) mass is 508 g/mol. The Morgan fingerprint density at radius 2 is 0.870 bits per heavy atom. The van der Waals surface area contributed by atoms with Crippen LogP contribution in [-0.4, -0.2) is 125 Å². The number of hydrogen-bond donors (Lipinski definition) is 8. The smallest absolute Gasteiger partial charge is 0.547 e. The van der Waals surface area contributed by atoms with Gasteiger partial charge in [0.25, 0.3) is 0 Å². The maximum absolute atomic E-state index is 10.1. The summed E-state index contributed by atoms with van der Waals surface area (Å²) in [6, 6.07) is 0. The molecule has 0 aliphatic heterocycles. The molecule has 0 aliphatic rings. The minimum absolute atomic E-state index is 0. The van der Waals surface area contributed by atoms with Gasteiger partial charge in [0.2, 0.25) is 0 Å². The Balaban J connectivity index is -0.000000333. The van der Waals surface area contributed by atoms with E-state index in [-0.39, 0.29) is 48.9 Å². The second-order valence-electron chi connectivity index (χ2n) is 3.53. The second-order valence-corrected chi connectivity index (χ2v) is 6.95. The number of carbonyl (C=O) groups excluding carboxylic acids is 2. The molecule has 0 saturated heterocycles. The number of aliphatic hydroxyl groups excluding tert-OH is 4. The van der Waals surface area contributed by atoms with Crippen LogP contribution in [-0.2, 0) is 18.7 Å². The van der Waals surface area contributed by atoms with E-state index in [1.54, 1.807) is 0 Å². The van der Waals surface area contributed by atoms with Crippen molar-refractivity contribution in [1.82, 2.24) is 0 Å². The first-order chi connectivity index (χ1) is 9.53. The Morgan fingerprint density at radius 3 is 0.913 bits per heavy atom. The van der Waals surface area contributed by atoms with Gasteiger partial charge >= 0.3 is 64.1 Å². The van der Waals surface area contributed by atoms with Crippen LogP contribution in [0.25, 0.3) is 0 Å². The fourth-order valence-corrected chi connectivity index (χ4v) is 1.59. The molecule has 0 rings (SSSR count). The summed E-state index contributed by atoms with van der Waals surface area (Å²) in [4.78, 5) is 51.9. The fourth-order valence-electron chi connectivity index (χ4n) is 0.611. The molecule has 0 radical (unpaired) electrons. The molecule has 23 heavy (non-hydrogen) atoms. The summed E-state index contributed by atoms with van der Waals surface area (Å²) in [6.07, 6.45) is -5.15. The van der Waals surface area contributed by atoms with Crippen molar-refractivity contribution in [3.8, 4) is 0 Å². The molecular weight excluding hydrogens is 495 g/mol. The number of hydrogen-bond acceptors (Lipinski definition) is 10. The van der Waals surface area contributed by atoms with Crippen LogP contribution >= 0.6 is 15.2 Å². The molecule has 0 bridgehead atoms. The summed E-state index contributed by atoms with van der Waals surface area (Å²) in [5, 5.41) is 52.9. The predicted octanol–water partition coefficient (Wildman–Crippen LogP) is -7.19. The SMILES string of the molecule is O=C([O-])C(O)C(O)P(=O)(O)O.O=C([O-])C(O)C(O)P(=O)(O)O.[Ba+2]. The zero-order valence-corrected chi connectivity index (χ0v) is 17.2. The van der Waals surface area contributed by atoms with Crippen LogP contribution in [0.4, 0.5) is 0 Å². The van der Waals surface area contributed by atoms with E-state index >= 15 is 0 Å². The quantitative estimate of drug-likeness (QED) is 0.122. The molecular formula is C6H12BaO14P2. The van der Waals surface area contributed by atoms with Crippen molar-refractivity contribution in [3.05, 3.63) is 0 Å². The molecule has 132 valence electrons. The van der Waals surface area contributed by atoms with Gasteiger partial charge in [-0.3, -0.25) is 9.13 Å². The van der Waals surface area contributed by atoms with Crippen molar-refractivity contribution in [2.45, 2.75) is 23.9 Å². The molecule has 0 saturated carbocycles. The van der Waals surface area contributed by atoms with Crippen LogP contribution in [0, 0.1) is 0 Å². The average Bonchev–Trinajstić information content (AvgIpc) is 2.33. The molecule has 17 heteroatoms. The van der Waals surface area contributed by atoms with Gasteiger partial charge in [-0.25, -0.2) is 0 Å². The van der Waals surface area contributed by atoms with Gasteiger partial charge in [-0.05, 0) is 0 Å². The van der Waals surface area contributed by atoms with Gasteiger partial charge in [0.1, 0.15) is 12.2 Å². The predicted molar refractivity (Wildman–Crippen MR) is 63.9 cm³/mol. The van der Waals surface area contributed by atoms with Gasteiger partial charge < -0.3 is 59.8 Å². The molecule has 0 spiro atoms. The number of carboxylic acids is 2. The normalized spacial score (nSPS) is 16.7. The van der Waals surface area contributed by atoms with Crippen molar-refractivity contribution in [1.29, 1.82) is 0 Å². The number of aliphatic carboxylic acids is 2. The minimum Gasteiger partial charge on any atom is -0.547 e. The van der Waals surface area contributed by atoms with Crippen molar-refractivity contribution in [3.63, 3.8) is 0 Å². The van der Waals surface area contributed by atoms with Gasteiger partial charge in [-0.1, -0.05) is 0 Å². The van der Waals surface area contributed by atoms with E-state index < -0.39 is 51.0 Å². The molecule has 0 amide bonds. The summed E-state index contributed by atoms with van der Waals surface area (Å²) in [7, 11) is -9.96. The van der Waals surface area contributed by atoms with Crippen LogP contribution < -0.4 is 10.2 Å². The standard InChI is InChI=1S/2C3H7O7P.Ba/c2*4-1(2(5)6)3(7)11(8,9)10;/h2*1,3-4,7H,(H,5,6)(H2,8,9,10);/q;;+2/p-2. The van der Waals surface area contributed by atoms with E-state index in [1.807, 2.05) is 0 Å². The van der Waals surface area contributed by atoms with Gasteiger partial charge in [0.05, 0.1) is 11.9 Å². The van der Waals surface area contributed by atoms with Gasteiger partial charge in [0, 0.05) is 0 Å². The van der Waals surface area contributed by atoms with Gasteiger partial charge in [-0.2, -0.15) is 0 Å². The van der Waals surface area contributed by atoms with E-state index in [0.29, 0.717) is 0 Å². The van der Waals surface area contributed by atoms with E-state index in [4.69, 9.17) is 40.0 Å². The van der Waals surface area contributed by atoms with Gasteiger partial charge in [-0.15, -0.1) is 0 Å². The number of aliphatic hydroxyl groups is 4. The molecule has 0 aromatic rings. The zero-order valence-electron chi connectivity index (χ0n) is 10.9. The Kier molecular flexibility index (Phi) is 14.0. The molecule has 4 unspecified atom stereocenters. The molecule has 8 N–H and O–H groups in total. The van der Waals surface area contributed by atoms with E-state index in [0.717, 1.165) is 0 Å². The maximum atomic E-state index is 10.1. The Bertz CT molecular complexity index is 438. The summed E-state index contributed by atoms with van der Waals surface area (Å²) < 4.78 is 20.1. The van der Waals surface area contributed by atoms with Crippen LogP contribution in [0.2, 0.25) is 0 Å². The average molecular weight is 507 g/mol. The molecule has 0 aromatic heterocycles. The molecule has 0 heterocycles. The molecule has 0 fully saturated rings. The van der Waals surface area contributed by atoms with Crippen LogP contribution in [0.5, 0.6) is 0 Å². The first-order valence-electron chi connectivity index (χ1n) is 4.77. The molecule has 14 nitrogen and oxygen atoms in total. The fraction of sp³-hybridized carbons (Fsp3) is 0.667. The van der Waals surface area contributed by atoms with E-state index in [9.17, 15) is 28.9 Å². The van der Waals surface area contributed by atoms with Crippen molar-refractivity contribution < 1.29 is 68.9 Å². The second kappa shape index (κ2) is 11.3. The molecule has 0 aliphatic carbocycles. The maximum Gasteiger partial charge on any atom is 2.00 e. The summed E-state index contributed by atoms with van der Waals surface area (Å²) in [5.74, 6) is -9.54. The van der Waals surface area contributed by atoms with Crippen LogP contribution in [0.3, 0.4) is 0 Å². The third-order valence-electron chi connectivity index (χ3n) is 1.74.